The quantitative estimate of drug-likeness (QED) is 0.868. The molecule has 0 bridgehead atoms. The van der Waals surface area contributed by atoms with Gasteiger partial charge in [-0.15, -0.1) is 0 Å². The molecule has 0 unspecified atom stereocenters. The number of anilines is 1. The van der Waals surface area contributed by atoms with Gasteiger partial charge < -0.3 is 15.0 Å². The number of aryl methyl sites for hydroxylation is 2. The summed E-state index contributed by atoms with van der Waals surface area (Å²) in [4.78, 5) is 20.0. The number of carboxylic acid groups (broad SMARTS) is 1. The van der Waals surface area contributed by atoms with Gasteiger partial charge in [-0.3, -0.25) is 4.79 Å². The van der Waals surface area contributed by atoms with E-state index in [1.54, 1.807) is 0 Å². The summed E-state index contributed by atoms with van der Waals surface area (Å²) in [5.41, 5.74) is 4.31. The summed E-state index contributed by atoms with van der Waals surface area (Å²) in [5, 5.41) is 8.66. The molecule has 0 saturated carbocycles. The van der Waals surface area contributed by atoms with Gasteiger partial charge in [0.2, 0.25) is 5.95 Å². The van der Waals surface area contributed by atoms with Gasteiger partial charge in [0.15, 0.2) is 0 Å². The largest absolute Gasteiger partial charge is 0.481 e. The van der Waals surface area contributed by atoms with Crippen LogP contribution in [0.15, 0.2) is 12.1 Å². The number of aliphatic carboxylic acids is 1. The Morgan fingerprint density at radius 2 is 2.06 bits per heavy atom. The van der Waals surface area contributed by atoms with E-state index in [1.165, 1.54) is 11.1 Å². The van der Waals surface area contributed by atoms with Gasteiger partial charge in [-0.05, 0) is 37.1 Å². The first kappa shape index (κ1) is 12.4. The average molecular weight is 247 g/mol. The molecule has 2 N–H and O–H groups in total. The Morgan fingerprint density at radius 1 is 1.39 bits per heavy atom. The van der Waals surface area contributed by atoms with Crippen LogP contribution in [-0.4, -0.2) is 34.6 Å². The van der Waals surface area contributed by atoms with Gasteiger partial charge in [-0.2, -0.15) is 0 Å². The molecule has 0 aliphatic rings. The number of nitrogens with one attached hydrogen (secondary N) is 1. The summed E-state index contributed by atoms with van der Waals surface area (Å²) in [6.07, 6.45) is 0.103. The summed E-state index contributed by atoms with van der Waals surface area (Å²) >= 11 is 0. The van der Waals surface area contributed by atoms with E-state index in [-0.39, 0.29) is 6.42 Å². The molecule has 0 spiro atoms. The SMILES string of the molecule is Cc1cc2nc(N(C)CCC(=O)O)[nH]c2cc1C. The smallest absolute Gasteiger partial charge is 0.305 e. The zero-order valence-corrected chi connectivity index (χ0v) is 10.8. The lowest BCUT2D eigenvalue weighted by molar-refractivity contribution is -0.136. The number of imidazole rings is 1. The van der Waals surface area contributed by atoms with Crippen LogP contribution in [-0.2, 0) is 4.79 Å². The van der Waals surface area contributed by atoms with Crippen molar-refractivity contribution in [1.82, 2.24) is 9.97 Å². The minimum absolute atomic E-state index is 0.103. The number of benzene rings is 1. The van der Waals surface area contributed by atoms with Crippen LogP contribution in [0.3, 0.4) is 0 Å². The normalized spacial score (nSPS) is 10.8. The van der Waals surface area contributed by atoms with Gasteiger partial charge in [-0.25, -0.2) is 4.98 Å². The molecule has 0 aliphatic carbocycles. The number of hydrogen-bond acceptors (Lipinski definition) is 3. The maximum atomic E-state index is 10.5. The maximum Gasteiger partial charge on any atom is 0.305 e. The molecule has 2 rings (SSSR count). The van der Waals surface area contributed by atoms with Crippen molar-refractivity contribution in [3.8, 4) is 0 Å². The molecule has 1 heterocycles. The molecular formula is C13H17N3O2. The molecule has 0 atom stereocenters. The summed E-state index contributed by atoms with van der Waals surface area (Å²) in [7, 11) is 1.83. The van der Waals surface area contributed by atoms with Crippen molar-refractivity contribution in [1.29, 1.82) is 0 Å². The second-order valence-corrected chi connectivity index (χ2v) is 4.58. The van der Waals surface area contributed by atoms with Crippen LogP contribution in [0.4, 0.5) is 5.95 Å². The first-order valence-electron chi connectivity index (χ1n) is 5.87. The van der Waals surface area contributed by atoms with Crippen molar-refractivity contribution in [2.45, 2.75) is 20.3 Å². The number of nitrogens with zero attached hydrogens (tertiary/aromatic N) is 2. The number of carboxylic acids is 1. The highest BCUT2D eigenvalue weighted by Gasteiger charge is 2.09. The zero-order valence-electron chi connectivity index (χ0n) is 10.8. The minimum atomic E-state index is -0.801. The third-order valence-corrected chi connectivity index (χ3v) is 3.11. The molecule has 0 aliphatic heterocycles. The minimum Gasteiger partial charge on any atom is -0.481 e. The van der Waals surface area contributed by atoms with Crippen LogP contribution >= 0.6 is 0 Å². The summed E-state index contributed by atoms with van der Waals surface area (Å²) in [5.74, 6) is -0.0964. The van der Waals surface area contributed by atoms with E-state index < -0.39 is 5.97 Å². The van der Waals surface area contributed by atoms with E-state index in [1.807, 2.05) is 18.0 Å². The molecule has 1 aromatic heterocycles. The topological polar surface area (TPSA) is 69.2 Å². The number of carbonyl (C=O) groups is 1. The number of hydrogen-bond donors (Lipinski definition) is 2. The number of aromatic nitrogens is 2. The van der Waals surface area contributed by atoms with Crippen molar-refractivity contribution in [2.75, 3.05) is 18.5 Å². The van der Waals surface area contributed by atoms with Crippen molar-refractivity contribution in [3.05, 3.63) is 23.3 Å². The fourth-order valence-electron chi connectivity index (χ4n) is 1.81. The van der Waals surface area contributed by atoms with Crippen LogP contribution in [0.1, 0.15) is 17.5 Å². The fraction of sp³-hybridized carbons (Fsp3) is 0.385. The van der Waals surface area contributed by atoms with Crippen LogP contribution in [0.2, 0.25) is 0 Å². The van der Waals surface area contributed by atoms with E-state index in [9.17, 15) is 4.79 Å². The van der Waals surface area contributed by atoms with Gasteiger partial charge >= 0.3 is 5.97 Å². The van der Waals surface area contributed by atoms with Gasteiger partial charge in [-0.1, -0.05) is 0 Å². The second kappa shape index (κ2) is 4.68. The summed E-state index contributed by atoms with van der Waals surface area (Å²) < 4.78 is 0. The molecule has 0 saturated heterocycles. The summed E-state index contributed by atoms with van der Waals surface area (Å²) in [6.45, 7) is 4.55. The fourth-order valence-corrected chi connectivity index (χ4v) is 1.81. The molecule has 0 radical (unpaired) electrons. The predicted octanol–water partition coefficient (Wildman–Crippen LogP) is 2.09. The van der Waals surface area contributed by atoms with E-state index >= 15 is 0 Å². The molecule has 18 heavy (non-hydrogen) atoms. The van der Waals surface area contributed by atoms with E-state index in [0.717, 1.165) is 11.0 Å². The Balaban J connectivity index is 2.26. The van der Waals surface area contributed by atoms with Crippen LogP contribution < -0.4 is 4.90 Å². The zero-order chi connectivity index (χ0) is 13.3. The molecular weight excluding hydrogens is 230 g/mol. The average Bonchev–Trinajstić information content (AvgIpc) is 2.69. The van der Waals surface area contributed by atoms with Gasteiger partial charge in [0.05, 0.1) is 17.5 Å². The Labute approximate surface area is 105 Å². The Morgan fingerprint density at radius 3 is 2.72 bits per heavy atom. The van der Waals surface area contributed by atoms with Crippen molar-refractivity contribution < 1.29 is 9.90 Å². The Hall–Kier alpha value is -2.04. The Bertz CT molecular complexity index is 550. The Kier molecular flexibility index (Phi) is 3.23. The van der Waals surface area contributed by atoms with Gasteiger partial charge in [0.25, 0.3) is 0 Å². The molecule has 0 amide bonds. The number of aromatic amines is 1. The number of H-pyrrole nitrogens is 1. The molecule has 0 fully saturated rings. The van der Waals surface area contributed by atoms with Crippen molar-refractivity contribution >= 4 is 23.0 Å². The van der Waals surface area contributed by atoms with Crippen LogP contribution in [0.25, 0.3) is 11.0 Å². The van der Waals surface area contributed by atoms with Crippen LogP contribution in [0, 0.1) is 13.8 Å². The monoisotopic (exact) mass is 247 g/mol. The van der Waals surface area contributed by atoms with E-state index in [0.29, 0.717) is 12.5 Å². The molecule has 96 valence electrons. The highest BCUT2D eigenvalue weighted by atomic mass is 16.4. The standard InChI is InChI=1S/C13H17N3O2/c1-8-6-10-11(7-9(8)2)15-13(14-10)16(3)5-4-12(17)18/h6-7H,4-5H2,1-3H3,(H,14,15)(H,17,18). The van der Waals surface area contributed by atoms with Crippen LogP contribution in [0.5, 0.6) is 0 Å². The van der Waals surface area contributed by atoms with Crippen molar-refractivity contribution in [3.63, 3.8) is 0 Å². The number of rotatable bonds is 4. The van der Waals surface area contributed by atoms with Gasteiger partial charge in [0.1, 0.15) is 0 Å². The predicted molar refractivity (Wildman–Crippen MR) is 71.1 cm³/mol. The van der Waals surface area contributed by atoms with E-state index in [2.05, 4.69) is 29.9 Å². The third kappa shape index (κ3) is 2.45. The lowest BCUT2D eigenvalue weighted by atomic mass is 10.1. The lowest BCUT2D eigenvalue weighted by Gasteiger charge is -2.13. The number of fused-ring (bicyclic) bond motifs is 1. The second-order valence-electron chi connectivity index (χ2n) is 4.58. The lowest BCUT2D eigenvalue weighted by Crippen LogP contribution is -2.21. The third-order valence-electron chi connectivity index (χ3n) is 3.11. The molecule has 1 aromatic carbocycles. The molecule has 2 aromatic rings. The summed E-state index contributed by atoms with van der Waals surface area (Å²) in [6, 6.07) is 4.10. The first-order valence-corrected chi connectivity index (χ1v) is 5.87. The van der Waals surface area contributed by atoms with Crippen molar-refractivity contribution in [2.24, 2.45) is 0 Å². The first-order chi connectivity index (χ1) is 8.47. The van der Waals surface area contributed by atoms with E-state index in [4.69, 9.17) is 5.11 Å². The molecule has 5 nitrogen and oxygen atoms in total. The molecule has 5 heteroatoms. The maximum absolute atomic E-state index is 10.5. The van der Waals surface area contributed by atoms with Gasteiger partial charge in [0, 0.05) is 13.6 Å². The highest BCUT2D eigenvalue weighted by molar-refractivity contribution is 5.79. The highest BCUT2D eigenvalue weighted by Crippen LogP contribution is 2.20.